The van der Waals surface area contributed by atoms with E-state index in [1.54, 1.807) is 31.4 Å². The monoisotopic (exact) mass is 277 g/mol. The van der Waals surface area contributed by atoms with E-state index in [0.717, 1.165) is 6.42 Å². The minimum Gasteiger partial charge on any atom is -0.382 e. The van der Waals surface area contributed by atoms with E-state index in [-0.39, 0.29) is 24.5 Å². The summed E-state index contributed by atoms with van der Waals surface area (Å²) in [6.45, 7) is 3.21. The molecule has 1 unspecified atom stereocenters. The van der Waals surface area contributed by atoms with Gasteiger partial charge < -0.3 is 9.47 Å². The normalized spacial score (nSPS) is 15.6. The lowest BCUT2D eigenvalue weighted by atomic mass is 10.1. The van der Waals surface area contributed by atoms with Gasteiger partial charge in [-0.3, -0.25) is 14.5 Å². The van der Waals surface area contributed by atoms with Gasteiger partial charge in [-0.1, -0.05) is 19.1 Å². The molecule has 108 valence electrons. The van der Waals surface area contributed by atoms with Crippen molar-refractivity contribution in [3.05, 3.63) is 35.4 Å². The second-order valence-corrected chi connectivity index (χ2v) is 4.66. The van der Waals surface area contributed by atoms with Crippen LogP contribution >= 0.6 is 0 Å². The molecule has 0 aliphatic carbocycles. The number of nitrogens with zero attached hydrogens (tertiary/aromatic N) is 1. The van der Waals surface area contributed by atoms with Gasteiger partial charge in [-0.05, 0) is 18.6 Å². The molecule has 0 saturated carbocycles. The molecule has 0 fully saturated rings. The van der Waals surface area contributed by atoms with E-state index in [1.165, 1.54) is 4.90 Å². The molecule has 1 aliphatic heterocycles. The van der Waals surface area contributed by atoms with E-state index in [4.69, 9.17) is 9.47 Å². The zero-order valence-electron chi connectivity index (χ0n) is 11.8. The Morgan fingerprint density at radius 3 is 2.20 bits per heavy atom. The standard InChI is InChI=1S/C15H19NO4/c1-3-11(20-9-8-19-2)10-16-14(17)12-6-4-5-7-13(12)15(16)18/h4-7,11H,3,8-10H2,1-2H3. The van der Waals surface area contributed by atoms with Crippen LogP contribution in [0.25, 0.3) is 0 Å². The number of imide groups is 1. The highest BCUT2D eigenvalue weighted by Gasteiger charge is 2.36. The van der Waals surface area contributed by atoms with Crippen molar-refractivity contribution < 1.29 is 19.1 Å². The summed E-state index contributed by atoms with van der Waals surface area (Å²) < 4.78 is 10.5. The molecular weight excluding hydrogens is 258 g/mol. The van der Waals surface area contributed by atoms with Crippen LogP contribution < -0.4 is 0 Å². The maximum absolute atomic E-state index is 12.2. The van der Waals surface area contributed by atoms with E-state index in [1.807, 2.05) is 6.92 Å². The van der Waals surface area contributed by atoms with Crippen molar-refractivity contribution in [2.24, 2.45) is 0 Å². The van der Waals surface area contributed by atoms with Crippen molar-refractivity contribution >= 4 is 11.8 Å². The summed E-state index contributed by atoms with van der Waals surface area (Å²) in [7, 11) is 1.61. The number of hydrogen-bond acceptors (Lipinski definition) is 4. The van der Waals surface area contributed by atoms with Gasteiger partial charge in [0.1, 0.15) is 0 Å². The Hall–Kier alpha value is -1.72. The molecule has 1 aliphatic rings. The molecule has 0 bridgehead atoms. The number of carbonyl (C=O) groups excluding carboxylic acids is 2. The third kappa shape index (κ3) is 2.89. The quantitative estimate of drug-likeness (QED) is 0.562. The average molecular weight is 277 g/mol. The summed E-state index contributed by atoms with van der Waals surface area (Å²) in [6.07, 6.45) is 0.573. The number of methoxy groups -OCH3 is 1. The van der Waals surface area contributed by atoms with Crippen LogP contribution in [0.2, 0.25) is 0 Å². The Balaban J connectivity index is 2.03. The van der Waals surface area contributed by atoms with Gasteiger partial charge in [0, 0.05) is 7.11 Å². The Labute approximate surface area is 118 Å². The molecule has 1 aromatic carbocycles. The fraction of sp³-hybridized carbons (Fsp3) is 0.467. The van der Waals surface area contributed by atoms with Gasteiger partial charge in [-0.15, -0.1) is 0 Å². The van der Waals surface area contributed by atoms with Gasteiger partial charge in [0.05, 0.1) is 37.0 Å². The zero-order chi connectivity index (χ0) is 14.5. The maximum atomic E-state index is 12.2. The molecule has 5 heteroatoms. The van der Waals surface area contributed by atoms with Crippen molar-refractivity contribution in [3.8, 4) is 0 Å². The highest BCUT2D eigenvalue weighted by molar-refractivity contribution is 6.21. The number of fused-ring (bicyclic) bond motifs is 1. The maximum Gasteiger partial charge on any atom is 0.261 e. The van der Waals surface area contributed by atoms with Crippen LogP contribution in [-0.2, 0) is 9.47 Å². The number of benzene rings is 1. The smallest absolute Gasteiger partial charge is 0.261 e. The first-order chi connectivity index (χ1) is 9.69. The molecule has 1 heterocycles. The molecule has 0 radical (unpaired) electrons. The Morgan fingerprint density at radius 2 is 1.70 bits per heavy atom. The van der Waals surface area contributed by atoms with Crippen molar-refractivity contribution in [1.82, 2.24) is 4.90 Å². The van der Waals surface area contributed by atoms with Crippen LogP contribution in [0.15, 0.2) is 24.3 Å². The van der Waals surface area contributed by atoms with Gasteiger partial charge in [0.15, 0.2) is 0 Å². The van der Waals surface area contributed by atoms with Crippen molar-refractivity contribution in [3.63, 3.8) is 0 Å². The summed E-state index contributed by atoms with van der Waals surface area (Å²) in [6, 6.07) is 6.89. The molecule has 0 saturated heterocycles. The molecular formula is C15H19NO4. The van der Waals surface area contributed by atoms with Crippen LogP contribution in [0.1, 0.15) is 34.1 Å². The molecule has 1 atom stereocenters. The van der Waals surface area contributed by atoms with Crippen LogP contribution in [0.5, 0.6) is 0 Å². The Morgan fingerprint density at radius 1 is 1.10 bits per heavy atom. The zero-order valence-corrected chi connectivity index (χ0v) is 11.8. The number of amides is 2. The summed E-state index contributed by atoms with van der Waals surface area (Å²) in [5.41, 5.74) is 0.952. The predicted octanol–water partition coefficient (Wildman–Crippen LogP) is 1.72. The molecule has 0 aromatic heterocycles. The molecule has 2 amide bonds. The second-order valence-electron chi connectivity index (χ2n) is 4.66. The third-order valence-electron chi connectivity index (χ3n) is 3.36. The minimum atomic E-state index is -0.237. The number of rotatable bonds is 7. The van der Waals surface area contributed by atoms with E-state index < -0.39 is 0 Å². The predicted molar refractivity (Wildman–Crippen MR) is 73.7 cm³/mol. The molecule has 0 N–H and O–H groups in total. The average Bonchev–Trinajstić information content (AvgIpc) is 2.71. The van der Waals surface area contributed by atoms with E-state index >= 15 is 0 Å². The minimum absolute atomic E-state index is 0.160. The third-order valence-corrected chi connectivity index (χ3v) is 3.36. The van der Waals surface area contributed by atoms with Gasteiger partial charge in [-0.25, -0.2) is 0 Å². The summed E-state index contributed by atoms with van der Waals surface area (Å²) in [4.78, 5) is 25.7. The van der Waals surface area contributed by atoms with Crippen LogP contribution in [-0.4, -0.2) is 49.7 Å². The second kappa shape index (κ2) is 6.63. The lowest BCUT2D eigenvalue weighted by Gasteiger charge is -2.21. The van der Waals surface area contributed by atoms with Gasteiger partial charge in [0.25, 0.3) is 11.8 Å². The fourth-order valence-electron chi connectivity index (χ4n) is 2.21. The number of hydrogen-bond donors (Lipinski definition) is 0. The molecule has 1 aromatic rings. The lowest BCUT2D eigenvalue weighted by molar-refractivity contribution is 0.00125. The van der Waals surface area contributed by atoms with E-state index in [9.17, 15) is 9.59 Å². The first kappa shape index (κ1) is 14.7. The lowest BCUT2D eigenvalue weighted by Crippen LogP contribution is -2.38. The van der Waals surface area contributed by atoms with Gasteiger partial charge in [0.2, 0.25) is 0 Å². The molecule has 20 heavy (non-hydrogen) atoms. The highest BCUT2D eigenvalue weighted by Crippen LogP contribution is 2.23. The largest absolute Gasteiger partial charge is 0.382 e. The highest BCUT2D eigenvalue weighted by atomic mass is 16.5. The first-order valence-electron chi connectivity index (χ1n) is 6.74. The van der Waals surface area contributed by atoms with E-state index in [2.05, 4.69) is 0 Å². The van der Waals surface area contributed by atoms with Crippen molar-refractivity contribution in [2.75, 3.05) is 26.9 Å². The summed E-state index contributed by atoms with van der Waals surface area (Å²) in [5.74, 6) is -0.473. The molecule has 0 spiro atoms. The number of carbonyl (C=O) groups is 2. The SMILES string of the molecule is CCC(CN1C(=O)c2ccccc2C1=O)OCCOC. The molecule has 5 nitrogen and oxygen atoms in total. The summed E-state index contributed by atoms with van der Waals surface area (Å²) >= 11 is 0. The van der Waals surface area contributed by atoms with Crippen LogP contribution in [0.3, 0.4) is 0 Å². The van der Waals surface area contributed by atoms with Crippen LogP contribution in [0.4, 0.5) is 0 Å². The van der Waals surface area contributed by atoms with Crippen molar-refractivity contribution in [1.29, 1.82) is 0 Å². The van der Waals surface area contributed by atoms with E-state index in [0.29, 0.717) is 24.3 Å². The van der Waals surface area contributed by atoms with Gasteiger partial charge in [-0.2, -0.15) is 0 Å². The fourth-order valence-corrected chi connectivity index (χ4v) is 2.21. The van der Waals surface area contributed by atoms with Crippen LogP contribution in [0, 0.1) is 0 Å². The Bertz CT molecular complexity index is 465. The topological polar surface area (TPSA) is 55.8 Å². The summed E-state index contributed by atoms with van der Waals surface area (Å²) in [5, 5.41) is 0. The molecule has 2 rings (SSSR count). The van der Waals surface area contributed by atoms with Gasteiger partial charge >= 0.3 is 0 Å². The van der Waals surface area contributed by atoms with Crippen molar-refractivity contribution in [2.45, 2.75) is 19.4 Å². The Kier molecular flexibility index (Phi) is 4.87. The first-order valence-corrected chi connectivity index (χ1v) is 6.74. The number of ether oxygens (including phenoxy) is 2.